The van der Waals surface area contributed by atoms with Crippen LogP contribution in [-0.4, -0.2) is 9.82 Å². The maximum Gasteiger partial charge on any atom is 0.0541 e. The predicted octanol–water partition coefficient (Wildman–Crippen LogP) is 12.9. The molecule has 0 saturated carbocycles. The van der Waals surface area contributed by atoms with E-state index >= 15 is 0 Å². The first-order valence-corrected chi connectivity index (χ1v) is 18.3. The second kappa shape index (κ2) is 11.7. The van der Waals surface area contributed by atoms with Crippen LogP contribution in [0, 0.1) is 5.92 Å². The van der Waals surface area contributed by atoms with Crippen LogP contribution < -0.4 is 5.32 Å². The number of aromatic nitrogens is 1. The average molecular weight is 659 g/mol. The fourth-order valence-electron chi connectivity index (χ4n) is 8.02. The van der Waals surface area contributed by atoms with Gasteiger partial charge in [0.25, 0.3) is 0 Å². The van der Waals surface area contributed by atoms with Gasteiger partial charge < -0.3 is 9.88 Å². The molecule has 0 saturated heterocycles. The fourth-order valence-corrected chi connectivity index (χ4v) is 9.38. The molecule has 1 unspecified atom stereocenters. The van der Waals surface area contributed by atoms with Crippen LogP contribution in [0.5, 0.6) is 0 Å². The van der Waals surface area contributed by atoms with Gasteiger partial charge in [0.15, 0.2) is 0 Å². The molecule has 10 rings (SSSR count). The highest BCUT2D eigenvalue weighted by molar-refractivity contribution is 8.00. The molecule has 0 radical (unpaired) electrons. The van der Waals surface area contributed by atoms with E-state index in [0.29, 0.717) is 11.2 Å². The minimum absolute atomic E-state index is 0.400. The van der Waals surface area contributed by atoms with Crippen LogP contribution in [0.25, 0.3) is 60.5 Å². The molecule has 2 atom stereocenters. The van der Waals surface area contributed by atoms with Crippen molar-refractivity contribution in [1.82, 2.24) is 4.57 Å². The van der Waals surface area contributed by atoms with E-state index < -0.39 is 0 Å². The van der Waals surface area contributed by atoms with Gasteiger partial charge in [-0.3, -0.25) is 0 Å². The SMILES string of the molecule is C[C@@H]1C=C(c2cc(-c3ccc4c(c3)c3ccccc3n4-c3ccccc3)ccc2Nc2cccc3ccccc23)C=C2c3ccccc3SC21. The summed E-state index contributed by atoms with van der Waals surface area (Å²) in [4.78, 5) is 1.39. The highest BCUT2D eigenvalue weighted by atomic mass is 32.2. The zero-order valence-corrected chi connectivity index (χ0v) is 28.5. The molecule has 2 aliphatic rings. The lowest BCUT2D eigenvalue weighted by molar-refractivity contribution is 0.772. The van der Waals surface area contributed by atoms with Crippen molar-refractivity contribution < 1.29 is 0 Å². The Kier molecular flexibility index (Phi) is 6.82. The Morgan fingerprint density at radius 2 is 1.28 bits per heavy atom. The van der Waals surface area contributed by atoms with E-state index in [1.54, 1.807) is 0 Å². The van der Waals surface area contributed by atoms with Gasteiger partial charge in [0.05, 0.1) is 11.0 Å². The van der Waals surface area contributed by atoms with Gasteiger partial charge in [-0.15, -0.1) is 11.8 Å². The topological polar surface area (TPSA) is 17.0 Å². The molecule has 1 aliphatic heterocycles. The standard InChI is InChI=1S/C47H34N2S/c1-30-26-34(29-41-38-18-8-10-21-46(38)50-47(30)41)39-27-32(22-24-43(39)48-42-19-11-13-31-12-5-6-16-36(31)42)33-23-25-45-40(28-33)37-17-7-9-20-44(37)49(45)35-14-3-2-4-15-35/h2-30,47-48H,1H3/t30-,47?/m1/s1. The molecular weight excluding hydrogens is 625 g/mol. The number of benzene rings is 7. The Morgan fingerprint density at radius 1 is 0.560 bits per heavy atom. The van der Waals surface area contributed by atoms with Gasteiger partial charge >= 0.3 is 0 Å². The lowest BCUT2D eigenvalue weighted by Gasteiger charge is -2.25. The number of fused-ring (bicyclic) bond motifs is 7. The van der Waals surface area contributed by atoms with Crippen LogP contribution in [0.15, 0.2) is 175 Å². The van der Waals surface area contributed by atoms with Crippen LogP contribution in [0.3, 0.4) is 0 Å². The minimum atomic E-state index is 0.400. The van der Waals surface area contributed by atoms with Gasteiger partial charge in [-0.25, -0.2) is 0 Å². The molecule has 8 aromatic rings. The third-order valence-corrected chi connectivity index (χ3v) is 11.9. The van der Waals surface area contributed by atoms with Crippen LogP contribution in [-0.2, 0) is 0 Å². The predicted molar refractivity (Wildman–Crippen MR) is 215 cm³/mol. The molecule has 238 valence electrons. The third kappa shape index (κ3) is 4.73. The summed E-state index contributed by atoms with van der Waals surface area (Å²) in [6.07, 6.45) is 4.94. The minimum Gasteiger partial charge on any atom is -0.355 e. The van der Waals surface area contributed by atoms with Crippen molar-refractivity contribution in [3.63, 3.8) is 0 Å². The van der Waals surface area contributed by atoms with E-state index in [0.717, 1.165) is 11.4 Å². The summed E-state index contributed by atoms with van der Waals surface area (Å²) in [5.41, 5.74) is 13.6. The smallest absolute Gasteiger partial charge is 0.0541 e. The molecule has 0 bridgehead atoms. The molecule has 7 aromatic carbocycles. The molecule has 0 amide bonds. The zero-order chi connectivity index (χ0) is 33.2. The van der Waals surface area contributed by atoms with Crippen LogP contribution in [0.1, 0.15) is 18.1 Å². The molecule has 2 heterocycles. The molecule has 3 heteroatoms. The second-order valence-electron chi connectivity index (χ2n) is 13.4. The first-order chi connectivity index (χ1) is 24.7. The Hall–Kier alpha value is -5.77. The zero-order valence-electron chi connectivity index (χ0n) is 27.7. The molecule has 1 aliphatic carbocycles. The van der Waals surface area contributed by atoms with Gasteiger partial charge in [0, 0.05) is 48.9 Å². The summed E-state index contributed by atoms with van der Waals surface area (Å²) in [6, 6.07) is 57.3. The van der Waals surface area contributed by atoms with Crippen molar-refractivity contribution in [3.8, 4) is 16.8 Å². The molecule has 50 heavy (non-hydrogen) atoms. The normalized spacial score (nSPS) is 16.7. The number of rotatable bonds is 5. The molecule has 1 aromatic heterocycles. The number of para-hydroxylation sites is 2. The maximum absolute atomic E-state index is 3.88. The summed E-state index contributed by atoms with van der Waals surface area (Å²) < 4.78 is 2.38. The van der Waals surface area contributed by atoms with Gasteiger partial charge in [-0.1, -0.05) is 116 Å². The van der Waals surface area contributed by atoms with Gasteiger partial charge in [-0.2, -0.15) is 0 Å². The largest absolute Gasteiger partial charge is 0.355 e. The number of hydrogen-bond acceptors (Lipinski definition) is 2. The Labute approximate surface area is 296 Å². The summed E-state index contributed by atoms with van der Waals surface area (Å²) in [7, 11) is 0. The van der Waals surface area contributed by atoms with E-state index in [1.165, 1.54) is 76.6 Å². The van der Waals surface area contributed by atoms with Gasteiger partial charge in [0.1, 0.15) is 0 Å². The third-order valence-electron chi connectivity index (χ3n) is 10.4. The van der Waals surface area contributed by atoms with Crippen LogP contribution in [0.4, 0.5) is 11.4 Å². The van der Waals surface area contributed by atoms with E-state index in [1.807, 2.05) is 11.8 Å². The van der Waals surface area contributed by atoms with Crippen molar-refractivity contribution in [2.45, 2.75) is 17.1 Å². The maximum atomic E-state index is 3.88. The summed E-state index contributed by atoms with van der Waals surface area (Å²) in [5.74, 6) is 0.400. The Balaban J connectivity index is 1.14. The van der Waals surface area contributed by atoms with E-state index in [4.69, 9.17) is 0 Å². The fraction of sp³-hybridized carbons (Fsp3) is 0.0638. The van der Waals surface area contributed by atoms with Gasteiger partial charge in [-0.05, 0) is 99.8 Å². The molecule has 2 nitrogen and oxygen atoms in total. The summed E-state index contributed by atoms with van der Waals surface area (Å²) in [5, 5.41) is 9.30. The van der Waals surface area contributed by atoms with Crippen LogP contribution >= 0.6 is 11.8 Å². The number of hydrogen-bond donors (Lipinski definition) is 1. The van der Waals surface area contributed by atoms with Crippen molar-refractivity contribution in [3.05, 3.63) is 181 Å². The monoisotopic (exact) mass is 658 g/mol. The van der Waals surface area contributed by atoms with Crippen molar-refractivity contribution in [1.29, 1.82) is 0 Å². The van der Waals surface area contributed by atoms with Crippen molar-refractivity contribution >= 4 is 66.9 Å². The first-order valence-electron chi connectivity index (χ1n) is 17.4. The highest BCUT2D eigenvalue weighted by Crippen LogP contribution is 2.52. The first kappa shape index (κ1) is 29.2. The Morgan fingerprint density at radius 3 is 2.20 bits per heavy atom. The second-order valence-corrected chi connectivity index (χ2v) is 14.6. The molecule has 1 N–H and O–H groups in total. The number of allylic oxidation sites excluding steroid dienone is 3. The lowest BCUT2D eigenvalue weighted by atomic mass is 9.84. The quantitative estimate of drug-likeness (QED) is 0.198. The number of nitrogens with one attached hydrogen (secondary N) is 1. The van der Waals surface area contributed by atoms with E-state index in [9.17, 15) is 0 Å². The Bertz CT molecular complexity index is 2670. The average Bonchev–Trinajstić information content (AvgIpc) is 3.71. The van der Waals surface area contributed by atoms with Gasteiger partial charge in [0.2, 0.25) is 0 Å². The summed E-state index contributed by atoms with van der Waals surface area (Å²) >= 11 is 2.01. The van der Waals surface area contributed by atoms with E-state index in [-0.39, 0.29) is 0 Å². The molecular formula is C47H34N2S. The van der Waals surface area contributed by atoms with E-state index in [2.05, 4.69) is 187 Å². The van der Waals surface area contributed by atoms with Crippen molar-refractivity contribution in [2.75, 3.05) is 5.32 Å². The number of thioether (sulfide) groups is 1. The van der Waals surface area contributed by atoms with Crippen molar-refractivity contribution in [2.24, 2.45) is 5.92 Å². The highest BCUT2D eigenvalue weighted by Gasteiger charge is 2.34. The summed E-state index contributed by atoms with van der Waals surface area (Å²) in [6.45, 7) is 2.37. The molecule has 0 spiro atoms. The molecule has 0 fully saturated rings. The number of anilines is 2. The van der Waals surface area contributed by atoms with Crippen LogP contribution in [0.2, 0.25) is 0 Å². The number of nitrogens with zero attached hydrogens (tertiary/aromatic N) is 1. The lowest BCUT2D eigenvalue weighted by Crippen LogP contribution is -2.14.